The fraction of sp³-hybridized carbons (Fsp3) is 0.667. The van der Waals surface area contributed by atoms with Gasteiger partial charge in [-0.25, -0.2) is 0 Å². The normalized spacial score (nSPS) is 26.7. The van der Waals surface area contributed by atoms with Gasteiger partial charge < -0.3 is 10.6 Å². The van der Waals surface area contributed by atoms with Gasteiger partial charge in [-0.05, 0) is 6.92 Å². The Hall–Kier alpha value is -1.06. The van der Waals surface area contributed by atoms with Crippen LogP contribution in [0.3, 0.4) is 0 Å². The summed E-state index contributed by atoms with van der Waals surface area (Å²) in [6.45, 7) is 1.92. The van der Waals surface area contributed by atoms with Gasteiger partial charge in [0, 0.05) is 12.5 Å². The van der Waals surface area contributed by atoms with Gasteiger partial charge in [0.15, 0.2) is 0 Å². The van der Waals surface area contributed by atoms with Crippen molar-refractivity contribution in [3.63, 3.8) is 0 Å². The van der Waals surface area contributed by atoms with Crippen molar-refractivity contribution in [2.45, 2.75) is 19.4 Å². The minimum absolute atomic E-state index is 0.0324. The number of nitrogens with one attached hydrogen (secondary N) is 2. The van der Waals surface area contributed by atoms with E-state index in [0.717, 1.165) is 0 Å². The van der Waals surface area contributed by atoms with Crippen molar-refractivity contribution in [3.05, 3.63) is 0 Å². The number of hydrogen-bond acceptors (Lipinski definition) is 2. The molecular weight excluding hydrogens is 132 g/mol. The van der Waals surface area contributed by atoms with E-state index in [1.165, 1.54) is 0 Å². The maximum Gasteiger partial charge on any atom is 0.239 e. The molecule has 0 radical (unpaired) electrons. The van der Waals surface area contributed by atoms with Crippen LogP contribution in [0, 0.1) is 0 Å². The Balaban J connectivity index is 2.54. The molecule has 0 unspecified atom stereocenters. The van der Waals surface area contributed by atoms with Gasteiger partial charge in [0.2, 0.25) is 11.8 Å². The molecule has 1 aliphatic rings. The molecule has 56 valence electrons. The first-order chi connectivity index (χ1) is 4.68. The van der Waals surface area contributed by atoms with Gasteiger partial charge in [0.1, 0.15) is 0 Å². The second kappa shape index (κ2) is 2.68. The summed E-state index contributed by atoms with van der Waals surface area (Å²) in [5.74, 6) is -0.177. The van der Waals surface area contributed by atoms with Crippen LogP contribution in [0.5, 0.6) is 0 Å². The molecule has 1 fully saturated rings. The van der Waals surface area contributed by atoms with E-state index in [4.69, 9.17) is 0 Å². The van der Waals surface area contributed by atoms with Crippen LogP contribution in [0.25, 0.3) is 0 Å². The summed E-state index contributed by atoms with van der Waals surface area (Å²) in [6, 6.07) is -0.0324. The number of rotatable bonds is 0. The lowest BCUT2D eigenvalue weighted by Crippen LogP contribution is -2.33. The Labute approximate surface area is 59.0 Å². The van der Waals surface area contributed by atoms with Crippen LogP contribution in [-0.2, 0) is 9.59 Å². The van der Waals surface area contributed by atoms with Gasteiger partial charge in [-0.1, -0.05) is 0 Å². The maximum atomic E-state index is 10.7. The maximum absolute atomic E-state index is 10.7. The summed E-state index contributed by atoms with van der Waals surface area (Å²) in [5, 5.41) is 5.12. The van der Waals surface area contributed by atoms with Crippen LogP contribution in [-0.4, -0.2) is 24.4 Å². The van der Waals surface area contributed by atoms with Crippen molar-refractivity contribution in [1.29, 1.82) is 0 Å². The van der Waals surface area contributed by atoms with Crippen molar-refractivity contribution < 1.29 is 9.59 Å². The van der Waals surface area contributed by atoms with Crippen molar-refractivity contribution in [2.75, 3.05) is 6.54 Å². The number of carbonyl (C=O) groups is 2. The zero-order valence-corrected chi connectivity index (χ0v) is 5.81. The van der Waals surface area contributed by atoms with Crippen molar-refractivity contribution >= 4 is 11.8 Å². The highest BCUT2D eigenvalue weighted by Crippen LogP contribution is 1.92. The zero-order valence-electron chi connectivity index (χ0n) is 5.81. The number of carbonyl (C=O) groups excluding carboxylic acids is 2. The summed E-state index contributed by atoms with van der Waals surface area (Å²) in [7, 11) is 0. The van der Waals surface area contributed by atoms with Gasteiger partial charge in [0.25, 0.3) is 0 Å². The zero-order chi connectivity index (χ0) is 7.56. The molecule has 1 aliphatic heterocycles. The third kappa shape index (κ3) is 1.72. The van der Waals surface area contributed by atoms with E-state index in [-0.39, 0.29) is 24.4 Å². The van der Waals surface area contributed by atoms with Gasteiger partial charge >= 0.3 is 0 Å². The predicted molar refractivity (Wildman–Crippen MR) is 35.2 cm³/mol. The molecule has 0 saturated carbocycles. The number of amides is 2. The minimum Gasteiger partial charge on any atom is -0.352 e. The smallest absolute Gasteiger partial charge is 0.239 e. The lowest BCUT2D eigenvalue weighted by Gasteiger charge is -2.05. The van der Waals surface area contributed by atoms with Crippen molar-refractivity contribution in [1.82, 2.24) is 10.6 Å². The predicted octanol–water partition coefficient (Wildman–Crippen LogP) is -0.989. The Bertz CT molecular complexity index is 149. The monoisotopic (exact) mass is 142 g/mol. The lowest BCUT2D eigenvalue weighted by atomic mass is 10.2. The van der Waals surface area contributed by atoms with E-state index >= 15 is 0 Å². The highest BCUT2D eigenvalue weighted by molar-refractivity contribution is 5.87. The van der Waals surface area contributed by atoms with E-state index in [0.29, 0.717) is 6.42 Å². The third-order valence-electron chi connectivity index (χ3n) is 1.35. The largest absolute Gasteiger partial charge is 0.352 e. The lowest BCUT2D eigenvalue weighted by molar-refractivity contribution is -0.123. The van der Waals surface area contributed by atoms with Crippen molar-refractivity contribution in [3.8, 4) is 0 Å². The molecule has 2 amide bonds. The van der Waals surface area contributed by atoms with Crippen LogP contribution in [0.2, 0.25) is 0 Å². The van der Waals surface area contributed by atoms with E-state index in [2.05, 4.69) is 10.6 Å². The topological polar surface area (TPSA) is 58.2 Å². The fourth-order valence-corrected chi connectivity index (χ4v) is 0.906. The quantitative estimate of drug-likeness (QED) is 0.456. The molecule has 0 aromatic carbocycles. The summed E-state index contributed by atoms with van der Waals surface area (Å²) < 4.78 is 0. The van der Waals surface area contributed by atoms with Gasteiger partial charge in [-0.3, -0.25) is 9.59 Å². The van der Waals surface area contributed by atoms with Crippen molar-refractivity contribution in [2.24, 2.45) is 0 Å². The Morgan fingerprint density at radius 3 is 2.80 bits per heavy atom. The Kier molecular flexibility index (Phi) is 1.89. The second-order valence-corrected chi connectivity index (χ2v) is 2.45. The molecular formula is C6H10N2O2. The Morgan fingerprint density at radius 2 is 2.10 bits per heavy atom. The summed E-state index contributed by atoms with van der Waals surface area (Å²) in [5.41, 5.74) is 0. The molecule has 1 atom stereocenters. The highest BCUT2D eigenvalue weighted by atomic mass is 16.2. The van der Waals surface area contributed by atoms with Gasteiger partial charge in [0.05, 0.1) is 6.54 Å². The molecule has 1 rings (SSSR count). The van der Waals surface area contributed by atoms with Crippen LogP contribution < -0.4 is 10.6 Å². The fourth-order valence-electron chi connectivity index (χ4n) is 0.906. The average Bonchev–Trinajstić information content (AvgIpc) is 1.93. The Morgan fingerprint density at radius 1 is 1.40 bits per heavy atom. The van der Waals surface area contributed by atoms with E-state index in [1.807, 2.05) is 6.92 Å². The molecule has 2 N–H and O–H groups in total. The first-order valence-corrected chi connectivity index (χ1v) is 3.24. The molecule has 1 heterocycles. The average molecular weight is 142 g/mol. The summed E-state index contributed by atoms with van der Waals surface area (Å²) >= 11 is 0. The molecule has 0 aromatic rings. The summed E-state index contributed by atoms with van der Waals surface area (Å²) in [6.07, 6.45) is 0.381. The molecule has 0 aromatic heterocycles. The molecule has 0 spiro atoms. The standard InChI is InChI=1S/C6H10N2O2/c1-4-2-5(9)7-3-6(10)8-4/h4H,2-3H2,1H3,(H,7,9)(H,8,10)/t4-/m1/s1. The first kappa shape index (κ1) is 7.05. The third-order valence-corrected chi connectivity index (χ3v) is 1.35. The van der Waals surface area contributed by atoms with Crippen LogP contribution in [0.1, 0.15) is 13.3 Å². The number of hydrogen-bond donors (Lipinski definition) is 2. The molecule has 0 bridgehead atoms. The van der Waals surface area contributed by atoms with E-state index in [1.54, 1.807) is 0 Å². The molecule has 1 saturated heterocycles. The molecule has 0 aliphatic carbocycles. The molecule has 4 heteroatoms. The molecule has 4 nitrogen and oxygen atoms in total. The van der Waals surface area contributed by atoms with Gasteiger partial charge in [-0.2, -0.15) is 0 Å². The highest BCUT2D eigenvalue weighted by Gasteiger charge is 2.16. The minimum atomic E-state index is -0.113. The molecule has 10 heavy (non-hydrogen) atoms. The first-order valence-electron chi connectivity index (χ1n) is 3.24. The van der Waals surface area contributed by atoms with Crippen LogP contribution >= 0.6 is 0 Å². The second-order valence-electron chi connectivity index (χ2n) is 2.45. The SMILES string of the molecule is C[C@@H]1CC(=O)NCC(=O)N1. The van der Waals surface area contributed by atoms with Crippen LogP contribution in [0.15, 0.2) is 0 Å². The van der Waals surface area contributed by atoms with E-state index < -0.39 is 0 Å². The van der Waals surface area contributed by atoms with Gasteiger partial charge in [-0.15, -0.1) is 0 Å². The summed E-state index contributed by atoms with van der Waals surface area (Å²) in [4.78, 5) is 21.4. The van der Waals surface area contributed by atoms with Crippen LogP contribution in [0.4, 0.5) is 0 Å². The van der Waals surface area contributed by atoms with E-state index in [9.17, 15) is 9.59 Å².